The van der Waals surface area contributed by atoms with E-state index in [-0.39, 0.29) is 19.0 Å². The van der Waals surface area contributed by atoms with Crippen LogP contribution in [-0.2, 0) is 4.79 Å². The number of nitrogens with one attached hydrogen (secondary N) is 1. The molecule has 0 spiro atoms. The molecular weight excluding hydrogens is 292 g/mol. The fourth-order valence-corrected chi connectivity index (χ4v) is 1.74. The third kappa shape index (κ3) is 4.82. The summed E-state index contributed by atoms with van der Waals surface area (Å²) in [5.74, 6) is -0.840. The highest BCUT2D eigenvalue weighted by Crippen LogP contribution is 2.13. The lowest BCUT2D eigenvalue weighted by atomic mass is 10.1. The molecule has 0 aliphatic heterocycles. The molecule has 1 unspecified atom stereocenters. The van der Waals surface area contributed by atoms with Crippen molar-refractivity contribution in [1.29, 1.82) is 0 Å². The first kappa shape index (κ1) is 15.9. The molecule has 0 heterocycles. The van der Waals surface area contributed by atoms with Crippen LogP contribution in [0.4, 0.5) is 8.78 Å². The molecule has 0 aromatic heterocycles. The summed E-state index contributed by atoms with van der Waals surface area (Å²) < 4.78 is 30.6. The van der Waals surface area contributed by atoms with Crippen molar-refractivity contribution in [3.05, 3.63) is 65.7 Å². The Kier molecular flexibility index (Phi) is 5.43. The molecule has 22 heavy (non-hydrogen) atoms. The van der Waals surface area contributed by atoms with Gasteiger partial charge in [-0.2, -0.15) is 0 Å². The molecule has 0 saturated carbocycles. The van der Waals surface area contributed by atoms with Gasteiger partial charge in [0.25, 0.3) is 5.91 Å². The molecule has 1 amide bonds. The SMILES string of the molecule is O=C(COc1ccc(F)cc1)NCC(O)c1ccc(F)cc1. The largest absolute Gasteiger partial charge is 0.484 e. The van der Waals surface area contributed by atoms with E-state index in [0.29, 0.717) is 11.3 Å². The van der Waals surface area contributed by atoms with Crippen LogP contribution in [0.15, 0.2) is 48.5 Å². The number of amides is 1. The summed E-state index contributed by atoms with van der Waals surface area (Å²) in [4.78, 5) is 11.6. The summed E-state index contributed by atoms with van der Waals surface area (Å²) in [7, 11) is 0. The number of hydrogen-bond donors (Lipinski definition) is 2. The highest BCUT2D eigenvalue weighted by Gasteiger charge is 2.10. The van der Waals surface area contributed by atoms with Crippen molar-refractivity contribution in [2.45, 2.75) is 6.10 Å². The molecule has 2 rings (SSSR count). The van der Waals surface area contributed by atoms with Gasteiger partial charge in [-0.1, -0.05) is 12.1 Å². The second-order valence-corrected chi connectivity index (χ2v) is 4.61. The molecule has 2 aromatic carbocycles. The van der Waals surface area contributed by atoms with Crippen molar-refractivity contribution < 1.29 is 23.4 Å². The van der Waals surface area contributed by atoms with Gasteiger partial charge in [0.2, 0.25) is 0 Å². The molecule has 0 aliphatic carbocycles. The highest BCUT2D eigenvalue weighted by atomic mass is 19.1. The molecule has 0 aliphatic rings. The van der Waals surface area contributed by atoms with Gasteiger partial charge < -0.3 is 15.2 Å². The smallest absolute Gasteiger partial charge is 0.258 e. The van der Waals surface area contributed by atoms with Crippen LogP contribution in [0.1, 0.15) is 11.7 Å². The Morgan fingerprint density at radius 1 is 1.05 bits per heavy atom. The second kappa shape index (κ2) is 7.51. The van der Waals surface area contributed by atoms with Crippen LogP contribution in [0.3, 0.4) is 0 Å². The first-order valence-corrected chi connectivity index (χ1v) is 6.63. The predicted molar refractivity (Wildman–Crippen MR) is 76.3 cm³/mol. The van der Waals surface area contributed by atoms with Gasteiger partial charge in [0.1, 0.15) is 17.4 Å². The molecule has 6 heteroatoms. The van der Waals surface area contributed by atoms with Crippen molar-refractivity contribution in [1.82, 2.24) is 5.32 Å². The van der Waals surface area contributed by atoms with Gasteiger partial charge in [-0.15, -0.1) is 0 Å². The van der Waals surface area contributed by atoms with Crippen LogP contribution < -0.4 is 10.1 Å². The minimum atomic E-state index is -0.935. The lowest BCUT2D eigenvalue weighted by molar-refractivity contribution is -0.123. The van der Waals surface area contributed by atoms with E-state index < -0.39 is 17.8 Å². The third-order valence-electron chi connectivity index (χ3n) is 2.93. The van der Waals surface area contributed by atoms with Gasteiger partial charge in [-0.05, 0) is 42.0 Å². The number of ether oxygens (including phenoxy) is 1. The fourth-order valence-electron chi connectivity index (χ4n) is 1.74. The normalized spacial score (nSPS) is 11.8. The van der Waals surface area contributed by atoms with Crippen LogP contribution in [-0.4, -0.2) is 24.2 Å². The van der Waals surface area contributed by atoms with E-state index in [0.717, 1.165) is 0 Å². The average molecular weight is 307 g/mol. The molecule has 0 saturated heterocycles. The average Bonchev–Trinajstić information content (AvgIpc) is 2.52. The van der Waals surface area contributed by atoms with E-state index in [4.69, 9.17) is 4.74 Å². The maximum absolute atomic E-state index is 12.8. The minimum Gasteiger partial charge on any atom is -0.484 e. The van der Waals surface area contributed by atoms with Crippen molar-refractivity contribution in [2.75, 3.05) is 13.2 Å². The number of aliphatic hydroxyl groups excluding tert-OH is 1. The molecular formula is C16H15F2NO3. The zero-order valence-corrected chi connectivity index (χ0v) is 11.6. The summed E-state index contributed by atoms with van der Waals surface area (Å²) in [5, 5.41) is 12.4. The van der Waals surface area contributed by atoms with Gasteiger partial charge in [0, 0.05) is 6.54 Å². The molecule has 116 valence electrons. The van der Waals surface area contributed by atoms with E-state index >= 15 is 0 Å². The highest BCUT2D eigenvalue weighted by molar-refractivity contribution is 5.77. The van der Waals surface area contributed by atoms with Crippen LogP contribution in [0.25, 0.3) is 0 Å². The summed E-state index contributed by atoms with van der Waals surface area (Å²) in [6, 6.07) is 10.6. The minimum absolute atomic E-state index is 0.0166. The van der Waals surface area contributed by atoms with E-state index in [1.54, 1.807) is 0 Å². The Bertz CT molecular complexity index is 614. The summed E-state index contributed by atoms with van der Waals surface area (Å²) in [5.41, 5.74) is 0.501. The number of benzene rings is 2. The van der Waals surface area contributed by atoms with Gasteiger partial charge in [-0.25, -0.2) is 8.78 Å². The Hall–Kier alpha value is -2.47. The zero-order valence-electron chi connectivity index (χ0n) is 11.6. The first-order chi connectivity index (χ1) is 10.5. The van der Waals surface area contributed by atoms with Gasteiger partial charge >= 0.3 is 0 Å². The second-order valence-electron chi connectivity index (χ2n) is 4.61. The summed E-state index contributed by atoms with van der Waals surface area (Å²) >= 11 is 0. The van der Waals surface area contributed by atoms with E-state index in [1.165, 1.54) is 48.5 Å². The Morgan fingerprint density at radius 3 is 2.18 bits per heavy atom. The standard InChI is InChI=1S/C16H15F2NO3/c17-12-3-1-11(2-4-12)15(20)9-19-16(21)10-22-14-7-5-13(18)6-8-14/h1-8,15,20H,9-10H2,(H,19,21). The number of hydrogen-bond acceptors (Lipinski definition) is 3. The first-order valence-electron chi connectivity index (χ1n) is 6.63. The molecule has 0 radical (unpaired) electrons. The van der Waals surface area contributed by atoms with Crippen molar-refractivity contribution in [3.8, 4) is 5.75 Å². The van der Waals surface area contributed by atoms with E-state index in [2.05, 4.69) is 5.32 Å². The molecule has 0 bridgehead atoms. The Labute approximate surface area is 126 Å². The van der Waals surface area contributed by atoms with Crippen LogP contribution in [0.2, 0.25) is 0 Å². The summed E-state index contributed by atoms with van der Waals surface area (Å²) in [6.07, 6.45) is -0.935. The van der Waals surface area contributed by atoms with Crippen LogP contribution in [0, 0.1) is 11.6 Å². The van der Waals surface area contributed by atoms with Gasteiger partial charge in [0.15, 0.2) is 6.61 Å². The monoisotopic (exact) mass is 307 g/mol. The van der Waals surface area contributed by atoms with Gasteiger partial charge in [-0.3, -0.25) is 4.79 Å². The van der Waals surface area contributed by atoms with E-state index in [9.17, 15) is 18.7 Å². The third-order valence-corrected chi connectivity index (χ3v) is 2.93. The van der Waals surface area contributed by atoms with Crippen LogP contribution >= 0.6 is 0 Å². The lowest BCUT2D eigenvalue weighted by Gasteiger charge is -2.12. The fraction of sp³-hybridized carbons (Fsp3) is 0.188. The molecule has 4 nitrogen and oxygen atoms in total. The molecule has 2 aromatic rings. The predicted octanol–water partition coefficient (Wildman–Crippen LogP) is 2.19. The van der Waals surface area contributed by atoms with Crippen molar-refractivity contribution in [3.63, 3.8) is 0 Å². The topological polar surface area (TPSA) is 58.6 Å². The summed E-state index contributed by atoms with van der Waals surface area (Å²) in [6.45, 7) is -0.265. The lowest BCUT2D eigenvalue weighted by Crippen LogP contribution is -2.32. The number of carbonyl (C=O) groups is 1. The zero-order chi connectivity index (χ0) is 15.9. The van der Waals surface area contributed by atoms with Crippen molar-refractivity contribution >= 4 is 5.91 Å². The Morgan fingerprint density at radius 2 is 1.59 bits per heavy atom. The Balaban J connectivity index is 1.75. The molecule has 1 atom stereocenters. The van der Waals surface area contributed by atoms with Crippen molar-refractivity contribution in [2.24, 2.45) is 0 Å². The van der Waals surface area contributed by atoms with E-state index in [1.807, 2.05) is 0 Å². The van der Waals surface area contributed by atoms with Crippen LogP contribution in [0.5, 0.6) is 5.75 Å². The quantitative estimate of drug-likeness (QED) is 0.860. The maximum atomic E-state index is 12.8. The van der Waals surface area contributed by atoms with Gasteiger partial charge in [0.05, 0.1) is 6.10 Å². The molecule has 2 N–H and O–H groups in total. The number of halogens is 2. The number of aliphatic hydroxyl groups is 1. The molecule has 0 fully saturated rings. The number of rotatable bonds is 6. The maximum Gasteiger partial charge on any atom is 0.258 e. The number of carbonyl (C=O) groups excluding carboxylic acids is 1.